The Morgan fingerprint density at radius 3 is 3.10 bits per heavy atom. The summed E-state index contributed by atoms with van der Waals surface area (Å²) in [4.78, 5) is 12.3. The molecule has 20 heavy (non-hydrogen) atoms. The van der Waals surface area contributed by atoms with Gasteiger partial charge in [0.1, 0.15) is 0 Å². The molecular formula is C17H24N2O. The summed E-state index contributed by atoms with van der Waals surface area (Å²) in [6.07, 6.45) is 5.41. The Morgan fingerprint density at radius 1 is 1.50 bits per heavy atom. The van der Waals surface area contributed by atoms with Crippen molar-refractivity contribution in [2.24, 2.45) is 11.7 Å². The van der Waals surface area contributed by atoms with Crippen LogP contribution in [0.1, 0.15) is 43.7 Å². The highest BCUT2D eigenvalue weighted by Gasteiger charge is 2.59. The van der Waals surface area contributed by atoms with E-state index in [1.54, 1.807) is 0 Å². The molecule has 3 unspecified atom stereocenters. The summed E-state index contributed by atoms with van der Waals surface area (Å²) in [6, 6.07) is 8.82. The lowest BCUT2D eigenvalue weighted by Crippen LogP contribution is -2.32. The average Bonchev–Trinajstić information content (AvgIpc) is 3.14. The van der Waals surface area contributed by atoms with Crippen LogP contribution in [0.5, 0.6) is 0 Å². The maximum atomic E-state index is 12.3. The number of benzene rings is 1. The molecule has 0 saturated heterocycles. The summed E-state index contributed by atoms with van der Waals surface area (Å²) in [5, 5.41) is 3.06. The topological polar surface area (TPSA) is 55.1 Å². The van der Waals surface area contributed by atoms with Gasteiger partial charge in [0, 0.05) is 23.9 Å². The summed E-state index contributed by atoms with van der Waals surface area (Å²) < 4.78 is 0. The Labute approximate surface area is 120 Å². The predicted molar refractivity (Wildman–Crippen MR) is 80.4 cm³/mol. The summed E-state index contributed by atoms with van der Waals surface area (Å²) in [6.45, 7) is 2.67. The summed E-state index contributed by atoms with van der Waals surface area (Å²) in [5.74, 6) is 0.402. The molecule has 3 rings (SSSR count). The first-order valence-corrected chi connectivity index (χ1v) is 7.75. The second kappa shape index (κ2) is 5.21. The molecule has 0 heterocycles. The van der Waals surface area contributed by atoms with E-state index in [0.717, 1.165) is 25.7 Å². The monoisotopic (exact) mass is 272 g/mol. The quantitative estimate of drug-likeness (QED) is 0.882. The van der Waals surface area contributed by atoms with E-state index in [1.165, 1.54) is 17.5 Å². The van der Waals surface area contributed by atoms with Crippen molar-refractivity contribution in [1.82, 2.24) is 5.32 Å². The van der Waals surface area contributed by atoms with Gasteiger partial charge in [-0.25, -0.2) is 0 Å². The van der Waals surface area contributed by atoms with Gasteiger partial charge in [-0.3, -0.25) is 4.79 Å². The minimum absolute atomic E-state index is 0.146. The Balaban J connectivity index is 1.67. The van der Waals surface area contributed by atoms with Crippen LogP contribution in [0.2, 0.25) is 0 Å². The van der Waals surface area contributed by atoms with Gasteiger partial charge < -0.3 is 11.1 Å². The van der Waals surface area contributed by atoms with E-state index < -0.39 is 0 Å². The molecule has 1 aromatic rings. The maximum Gasteiger partial charge on any atom is 0.224 e. The fourth-order valence-corrected chi connectivity index (χ4v) is 3.72. The SMILES string of the molecule is CC(N)CCNC(=O)C1CC12CCCc1ccccc12. The van der Waals surface area contributed by atoms with Crippen LogP contribution in [-0.2, 0) is 16.6 Å². The van der Waals surface area contributed by atoms with Crippen molar-refractivity contribution in [3.05, 3.63) is 35.4 Å². The molecule has 3 heteroatoms. The van der Waals surface area contributed by atoms with Crippen molar-refractivity contribution in [3.63, 3.8) is 0 Å². The molecule has 3 nitrogen and oxygen atoms in total. The molecule has 3 N–H and O–H groups in total. The van der Waals surface area contributed by atoms with Crippen molar-refractivity contribution in [2.75, 3.05) is 6.54 Å². The second-order valence-corrected chi connectivity index (χ2v) is 6.48. The zero-order chi connectivity index (χ0) is 14.2. The molecule has 1 saturated carbocycles. The summed E-state index contributed by atoms with van der Waals surface area (Å²) >= 11 is 0. The average molecular weight is 272 g/mol. The van der Waals surface area contributed by atoms with E-state index in [-0.39, 0.29) is 23.3 Å². The Kier molecular flexibility index (Phi) is 3.55. The number of nitrogens with one attached hydrogen (secondary N) is 1. The van der Waals surface area contributed by atoms with Gasteiger partial charge in [0.15, 0.2) is 0 Å². The molecular weight excluding hydrogens is 248 g/mol. The Bertz CT molecular complexity index is 511. The first-order valence-electron chi connectivity index (χ1n) is 7.75. The maximum absolute atomic E-state index is 12.3. The number of hydrogen-bond donors (Lipinski definition) is 2. The fourth-order valence-electron chi connectivity index (χ4n) is 3.72. The minimum Gasteiger partial charge on any atom is -0.356 e. The molecule has 0 aromatic heterocycles. The zero-order valence-corrected chi connectivity index (χ0v) is 12.2. The van der Waals surface area contributed by atoms with Crippen molar-refractivity contribution in [1.29, 1.82) is 0 Å². The lowest BCUT2D eigenvalue weighted by atomic mass is 9.78. The number of aryl methyl sites for hydroxylation is 1. The molecule has 1 fully saturated rings. The molecule has 2 aliphatic carbocycles. The van der Waals surface area contributed by atoms with Gasteiger partial charge in [-0.2, -0.15) is 0 Å². The molecule has 1 spiro atoms. The first-order chi connectivity index (χ1) is 9.63. The van der Waals surface area contributed by atoms with Crippen LogP contribution >= 0.6 is 0 Å². The number of carbonyl (C=O) groups excluding carboxylic acids is 1. The van der Waals surface area contributed by atoms with E-state index in [9.17, 15) is 4.79 Å². The van der Waals surface area contributed by atoms with Crippen molar-refractivity contribution in [2.45, 2.75) is 50.5 Å². The number of fused-ring (bicyclic) bond motifs is 2. The number of carbonyl (C=O) groups is 1. The lowest BCUT2D eigenvalue weighted by Gasteiger charge is -2.26. The predicted octanol–water partition coefficient (Wildman–Crippen LogP) is 2.13. The lowest BCUT2D eigenvalue weighted by molar-refractivity contribution is -0.122. The van der Waals surface area contributed by atoms with Crippen LogP contribution in [0.3, 0.4) is 0 Å². The van der Waals surface area contributed by atoms with E-state index in [0.29, 0.717) is 6.54 Å². The highest BCUT2D eigenvalue weighted by Crippen LogP contribution is 2.60. The Hall–Kier alpha value is -1.35. The highest BCUT2D eigenvalue weighted by atomic mass is 16.2. The van der Waals surface area contributed by atoms with Crippen molar-refractivity contribution >= 4 is 5.91 Å². The van der Waals surface area contributed by atoms with Gasteiger partial charge >= 0.3 is 0 Å². The standard InChI is InChI=1S/C17H24N2O/c1-12(18)8-10-19-16(20)15-11-17(15)9-4-6-13-5-2-3-7-14(13)17/h2-3,5,7,12,15H,4,6,8-11,18H2,1H3,(H,19,20). The first kappa shape index (κ1) is 13.6. The zero-order valence-electron chi connectivity index (χ0n) is 12.2. The number of rotatable bonds is 4. The van der Waals surface area contributed by atoms with Gasteiger partial charge in [-0.1, -0.05) is 24.3 Å². The van der Waals surface area contributed by atoms with E-state index in [2.05, 4.69) is 29.6 Å². The van der Waals surface area contributed by atoms with Gasteiger partial charge in [0.2, 0.25) is 5.91 Å². The van der Waals surface area contributed by atoms with Crippen LogP contribution in [0.25, 0.3) is 0 Å². The molecule has 1 amide bonds. The molecule has 3 atom stereocenters. The minimum atomic E-state index is 0.146. The van der Waals surface area contributed by atoms with Gasteiger partial charge in [-0.05, 0) is 50.2 Å². The third-order valence-electron chi connectivity index (χ3n) is 4.91. The molecule has 108 valence electrons. The van der Waals surface area contributed by atoms with Crippen LogP contribution in [-0.4, -0.2) is 18.5 Å². The third kappa shape index (κ3) is 2.35. The van der Waals surface area contributed by atoms with Gasteiger partial charge in [0.25, 0.3) is 0 Å². The molecule has 0 bridgehead atoms. The largest absolute Gasteiger partial charge is 0.356 e. The second-order valence-electron chi connectivity index (χ2n) is 6.48. The Morgan fingerprint density at radius 2 is 2.30 bits per heavy atom. The van der Waals surface area contributed by atoms with Crippen LogP contribution < -0.4 is 11.1 Å². The number of nitrogens with two attached hydrogens (primary N) is 1. The van der Waals surface area contributed by atoms with Gasteiger partial charge in [-0.15, -0.1) is 0 Å². The van der Waals surface area contributed by atoms with Crippen molar-refractivity contribution in [3.8, 4) is 0 Å². The highest BCUT2D eigenvalue weighted by molar-refractivity contribution is 5.84. The van der Waals surface area contributed by atoms with Crippen molar-refractivity contribution < 1.29 is 4.79 Å². The third-order valence-corrected chi connectivity index (χ3v) is 4.91. The van der Waals surface area contributed by atoms with Gasteiger partial charge in [0.05, 0.1) is 0 Å². The number of hydrogen-bond acceptors (Lipinski definition) is 2. The summed E-state index contributed by atoms with van der Waals surface area (Å²) in [7, 11) is 0. The van der Waals surface area contributed by atoms with E-state index in [1.807, 2.05) is 6.92 Å². The van der Waals surface area contributed by atoms with Crippen LogP contribution in [0.4, 0.5) is 0 Å². The van der Waals surface area contributed by atoms with E-state index >= 15 is 0 Å². The van der Waals surface area contributed by atoms with E-state index in [4.69, 9.17) is 5.73 Å². The molecule has 0 radical (unpaired) electrons. The van der Waals surface area contributed by atoms with Crippen LogP contribution in [0, 0.1) is 5.92 Å². The normalized spacial score (nSPS) is 28.8. The smallest absolute Gasteiger partial charge is 0.224 e. The molecule has 1 aromatic carbocycles. The molecule has 2 aliphatic rings. The number of amides is 1. The van der Waals surface area contributed by atoms with Crippen LogP contribution in [0.15, 0.2) is 24.3 Å². The summed E-state index contributed by atoms with van der Waals surface area (Å²) in [5.41, 5.74) is 8.74. The molecule has 0 aliphatic heterocycles. The fraction of sp³-hybridized carbons (Fsp3) is 0.588.